The number of amides is 2. The maximum atomic E-state index is 14.9. The van der Waals surface area contributed by atoms with Gasteiger partial charge in [-0.2, -0.15) is 0 Å². The minimum absolute atomic E-state index is 0.0149. The van der Waals surface area contributed by atoms with Gasteiger partial charge < -0.3 is 30.0 Å². The van der Waals surface area contributed by atoms with E-state index in [9.17, 15) is 24.1 Å². The molecular weight excluding hydrogens is 521 g/mol. The molecule has 0 bridgehead atoms. The number of hydrogen-bond donors (Lipinski definition) is 2. The summed E-state index contributed by atoms with van der Waals surface area (Å²) in [4.78, 5) is 50.7. The molecule has 15 heteroatoms. The van der Waals surface area contributed by atoms with Gasteiger partial charge in [-0.3, -0.25) is 24.7 Å². The van der Waals surface area contributed by atoms with Gasteiger partial charge in [0.15, 0.2) is 5.50 Å². The number of benzene rings is 1. The van der Waals surface area contributed by atoms with Crippen LogP contribution in [-0.4, -0.2) is 105 Å². The Balaban J connectivity index is 0.00000127. The van der Waals surface area contributed by atoms with E-state index in [0.717, 1.165) is 18.0 Å². The average Bonchev–Trinajstić information content (AvgIpc) is 3.42. The number of hydrogen-bond acceptors (Lipinski definition) is 11. The number of cyclic esters (lactones) is 1. The fourth-order valence-electron chi connectivity index (χ4n) is 4.21. The standard InChI is InChI=1S/C21H28FN7O5S.C2H4O/c1-23-10-15-11-28(21(31)34-15)14-3-4-17(16(22)9-14)27-7-5-26(6-8-27)12-18(30)24-20-25(2)13-19(35-20)29(32)33;1-2-3/h3-4,9,13,15,20,23H,5-8,10-12H2,1-2H3,(H,24,30);2H,1H3. The van der Waals surface area contributed by atoms with E-state index in [0.29, 0.717) is 50.6 Å². The monoisotopic (exact) mass is 553 g/mol. The Morgan fingerprint density at radius 1 is 1.32 bits per heavy atom. The van der Waals surface area contributed by atoms with Gasteiger partial charge in [-0.15, -0.1) is 0 Å². The van der Waals surface area contributed by atoms with Crippen LogP contribution >= 0.6 is 11.8 Å². The molecule has 3 aliphatic rings. The summed E-state index contributed by atoms with van der Waals surface area (Å²) in [5, 5.41) is 16.7. The van der Waals surface area contributed by atoms with Gasteiger partial charge in [-0.25, -0.2) is 9.18 Å². The van der Waals surface area contributed by atoms with Crippen LogP contribution in [0.25, 0.3) is 0 Å². The molecule has 2 N–H and O–H groups in total. The number of likely N-dealkylation sites (N-methyl/N-ethyl adjacent to an activating group) is 1. The lowest BCUT2D eigenvalue weighted by atomic mass is 10.2. The highest BCUT2D eigenvalue weighted by Gasteiger charge is 2.33. The third-order valence-electron chi connectivity index (χ3n) is 6.01. The smallest absolute Gasteiger partial charge is 0.414 e. The first-order valence-corrected chi connectivity index (χ1v) is 12.9. The Labute approximate surface area is 224 Å². The fourth-order valence-corrected chi connectivity index (χ4v) is 5.17. The molecule has 0 spiro atoms. The van der Waals surface area contributed by atoms with Crippen molar-refractivity contribution in [1.29, 1.82) is 0 Å². The predicted octanol–water partition coefficient (Wildman–Crippen LogP) is 0.852. The summed E-state index contributed by atoms with van der Waals surface area (Å²) >= 11 is 0.981. The first-order chi connectivity index (χ1) is 18.2. The number of nitro groups is 1. The second kappa shape index (κ2) is 13.4. The van der Waals surface area contributed by atoms with Crippen LogP contribution in [0.15, 0.2) is 29.4 Å². The molecule has 0 aromatic heterocycles. The van der Waals surface area contributed by atoms with Crippen molar-refractivity contribution in [1.82, 2.24) is 20.4 Å². The van der Waals surface area contributed by atoms with Crippen molar-refractivity contribution >= 4 is 41.4 Å². The van der Waals surface area contributed by atoms with Crippen molar-refractivity contribution in [2.24, 2.45) is 0 Å². The lowest BCUT2D eigenvalue weighted by molar-refractivity contribution is -0.410. The van der Waals surface area contributed by atoms with Crippen molar-refractivity contribution in [2.75, 3.05) is 69.7 Å². The zero-order valence-corrected chi connectivity index (χ0v) is 22.3. The minimum Gasteiger partial charge on any atom is -0.443 e. The van der Waals surface area contributed by atoms with Crippen LogP contribution in [0.5, 0.6) is 0 Å². The number of nitrogens with one attached hydrogen (secondary N) is 2. The Hall–Kier alpha value is -3.43. The summed E-state index contributed by atoms with van der Waals surface area (Å²) < 4.78 is 20.2. The molecule has 13 nitrogen and oxygen atoms in total. The van der Waals surface area contributed by atoms with Crippen LogP contribution in [0, 0.1) is 15.9 Å². The maximum absolute atomic E-state index is 14.9. The molecule has 2 atom stereocenters. The molecule has 2 unspecified atom stereocenters. The molecule has 4 rings (SSSR count). The summed E-state index contributed by atoms with van der Waals surface area (Å²) in [6.45, 7) is 4.67. The Kier molecular flexibility index (Phi) is 10.3. The Bertz CT molecular complexity index is 1070. The molecule has 208 valence electrons. The van der Waals surface area contributed by atoms with E-state index >= 15 is 0 Å². The number of rotatable bonds is 8. The van der Waals surface area contributed by atoms with E-state index in [1.54, 1.807) is 31.1 Å². The van der Waals surface area contributed by atoms with Gasteiger partial charge in [0, 0.05) is 39.8 Å². The van der Waals surface area contributed by atoms with E-state index in [-0.39, 0.29) is 23.6 Å². The number of ether oxygens (including phenoxy) is 1. The van der Waals surface area contributed by atoms with Crippen LogP contribution in [0.4, 0.5) is 20.6 Å². The molecule has 3 heterocycles. The van der Waals surface area contributed by atoms with Crippen LogP contribution in [0.1, 0.15) is 6.92 Å². The highest BCUT2D eigenvalue weighted by molar-refractivity contribution is 8.03. The zero-order chi connectivity index (χ0) is 27.8. The van der Waals surface area contributed by atoms with E-state index in [1.165, 1.54) is 24.1 Å². The predicted molar refractivity (Wildman–Crippen MR) is 141 cm³/mol. The van der Waals surface area contributed by atoms with Crippen molar-refractivity contribution in [3.63, 3.8) is 0 Å². The van der Waals surface area contributed by atoms with E-state index in [4.69, 9.17) is 9.53 Å². The van der Waals surface area contributed by atoms with Gasteiger partial charge >= 0.3 is 11.1 Å². The quantitative estimate of drug-likeness (QED) is 0.269. The highest BCUT2D eigenvalue weighted by atomic mass is 32.2. The number of carbonyl (C=O) groups is 3. The zero-order valence-electron chi connectivity index (χ0n) is 21.5. The van der Waals surface area contributed by atoms with Gasteiger partial charge in [0.25, 0.3) is 0 Å². The number of aldehydes is 1. The number of anilines is 2. The van der Waals surface area contributed by atoms with Gasteiger partial charge in [-0.05, 0) is 43.9 Å². The highest BCUT2D eigenvalue weighted by Crippen LogP contribution is 2.30. The van der Waals surface area contributed by atoms with Crippen LogP contribution in [-0.2, 0) is 14.3 Å². The summed E-state index contributed by atoms with van der Waals surface area (Å²) in [6.07, 6.45) is 1.37. The summed E-state index contributed by atoms with van der Waals surface area (Å²) in [5.41, 5.74) is 0.382. The van der Waals surface area contributed by atoms with Gasteiger partial charge in [0.2, 0.25) is 5.91 Å². The van der Waals surface area contributed by atoms with E-state index in [2.05, 4.69) is 10.6 Å². The summed E-state index contributed by atoms with van der Waals surface area (Å²) in [6, 6.07) is 4.73. The second-order valence-electron chi connectivity index (χ2n) is 8.74. The van der Waals surface area contributed by atoms with Gasteiger partial charge in [0.1, 0.15) is 18.2 Å². The van der Waals surface area contributed by atoms with Gasteiger partial charge in [0.05, 0.1) is 35.6 Å². The van der Waals surface area contributed by atoms with Crippen LogP contribution in [0.3, 0.4) is 0 Å². The topological polar surface area (TPSA) is 141 Å². The maximum Gasteiger partial charge on any atom is 0.414 e. The summed E-state index contributed by atoms with van der Waals surface area (Å²) in [7, 11) is 3.44. The molecule has 0 saturated carbocycles. The van der Waals surface area contributed by atoms with Crippen molar-refractivity contribution < 1.29 is 28.4 Å². The normalized spacial score (nSPS) is 21.4. The van der Waals surface area contributed by atoms with Crippen LogP contribution in [0.2, 0.25) is 0 Å². The average molecular weight is 554 g/mol. The molecule has 2 amide bonds. The molecule has 3 aliphatic heterocycles. The number of carbonyl (C=O) groups excluding carboxylic acids is 3. The third kappa shape index (κ3) is 7.33. The second-order valence-corrected chi connectivity index (χ2v) is 9.84. The molecule has 1 aromatic rings. The summed E-state index contributed by atoms with van der Waals surface area (Å²) in [5.74, 6) is -0.653. The van der Waals surface area contributed by atoms with E-state index in [1.807, 2.05) is 9.80 Å². The Morgan fingerprint density at radius 2 is 2.00 bits per heavy atom. The fraction of sp³-hybridized carbons (Fsp3) is 0.522. The molecule has 38 heavy (non-hydrogen) atoms. The van der Waals surface area contributed by atoms with Crippen LogP contribution < -0.4 is 20.4 Å². The van der Waals surface area contributed by atoms with Crippen molar-refractivity contribution in [3.05, 3.63) is 45.4 Å². The Morgan fingerprint density at radius 3 is 2.58 bits per heavy atom. The first kappa shape index (κ1) is 29.1. The van der Waals surface area contributed by atoms with Crippen molar-refractivity contribution in [2.45, 2.75) is 18.5 Å². The molecule has 2 saturated heterocycles. The largest absolute Gasteiger partial charge is 0.443 e. The molecule has 2 fully saturated rings. The molecular formula is C23H32FN7O6S. The van der Waals surface area contributed by atoms with Crippen molar-refractivity contribution in [3.8, 4) is 0 Å². The number of halogens is 1. The molecule has 1 aromatic carbocycles. The molecule has 0 radical (unpaired) electrons. The lowest BCUT2D eigenvalue weighted by Gasteiger charge is -2.36. The van der Waals surface area contributed by atoms with Gasteiger partial charge in [-0.1, -0.05) is 0 Å². The number of thioether (sulfide) groups is 1. The third-order valence-corrected chi connectivity index (χ3v) is 7.18. The number of nitrogens with zero attached hydrogens (tertiary/aromatic N) is 5. The number of piperazine rings is 1. The lowest BCUT2D eigenvalue weighted by Crippen LogP contribution is -2.51. The molecule has 0 aliphatic carbocycles. The van der Waals surface area contributed by atoms with E-state index < -0.39 is 22.3 Å². The minimum atomic E-state index is -0.516. The SMILES string of the molecule is CC=O.CNCC1CN(c2ccc(N3CCN(CC(=O)NC4SC([N+](=O)[O-])=CN4C)CC3)c(F)c2)C(=O)O1. The first-order valence-electron chi connectivity index (χ1n) is 12.0.